The number of methoxy groups -OCH3 is 2. The highest BCUT2D eigenvalue weighted by Crippen LogP contribution is 2.35. The van der Waals surface area contributed by atoms with Gasteiger partial charge in [0.1, 0.15) is 11.3 Å². The zero-order valence-electron chi connectivity index (χ0n) is 17.4. The van der Waals surface area contributed by atoms with Gasteiger partial charge < -0.3 is 14.2 Å². The molecule has 8 nitrogen and oxygen atoms in total. The highest BCUT2D eigenvalue weighted by atomic mass is 127. The lowest BCUT2D eigenvalue weighted by atomic mass is 10.1. The van der Waals surface area contributed by atoms with Gasteiger partial charge in [0.25, 0.3) is 11.8 Å². The number of barbiturate groups is 1. The number of hydrogen-bond donors (Lipinski definition) is 1. The zero-order valence-corrected chi connectivity index (χ0v) is 19.6. The summed E-state index contributed by atoms with van der Waals surface area (Å²) in [5.74, 6) is 0.131. The molecule has 162 valence electrons. The van der Waals surface area contributed by atoms with Crippen molar-refractivity contribution >= 4 is 52.2 Å². The van der Waals surface area contributed by atoms with Crippen LogP contribution in [0.1, 0.15) is 19.4 Å². The lowest BCUT2D eigenvalue weighted by Crippen LogP contribution is -2.54. The second-order valence-electron chi connectivity index (χ2n) is 6.86. The van der Waals surface area contributed by atoms with E-state index in [-0.39, 0.29) is 11.7 Å². The van der Waals surface area contributed by atoms with Crippen LogP contribution >= 0.6 is 22.6 Å². The molecule has 0 aromatic heterocycles. The summed E-state index contributed by atoms with van der Waals surface area (Å²) < 4.78 is 17.1. The molecule has 0 bridgehead atoms. The molecule has 31 heavy (non-hydrogen) atoms. The number of benzene rings is 2. The van der Waals surface area contributed by atoms with Gasteiger partial charge in [-0.05, 0) is 84.5 Å². The first-order valence-electron chi connectivity index (χ1n) is 9.34. The first-order chi connectivity index (χ1) is 14.7. The van der Waals surface area contributed by atoms with Gasteiger partial charge in [-0.15, -0.1) is 0 Å². The second kappa shape index (κ2) is 9.38. The van der Waals surface area contributed by atoms with Crippen molar-refractivity contribution in [1.82, 2.24) is 5.32 Å². The van der Waals surface area contributed by atoms with Crippen LogP contribution in [-0.4, -0.2) is 38.2 Å². The van der Waals surface area contributed by atoms with Crippen molar-refractivity contribution in [3.63, 3.8) is 0 Å². The van der Waals surface area contributed by atoms with Gasteiger partial charge in [0, 0.05) is 0 Å². The molecular formula is C22H21IN2O6. The SMILES string of the molecule is COc1ccc(N2C(=O)NC(=O)/C(=C\c3cc(I)c(OC(C)C)c(OC)c3)C2=O)cc1. The second-order valence-corrected chi connectivity index (χ2v) is 8.02. The molecule has 0 radical (unpaired) electrons. The summed E-state index contributed by atoms with van der Waals surface area (Å²) >= 11 is 2.10. The Balaban J connectivity index is 2.00. The quantitative estimate of drug-likeness (QED) is 0.344. The van der Waals surface area contributed by atoms with E-state index < -0.39 is 17.8 Å². The fourth-order valence-electron chi connectivity index (χ4n) is 2.96. The van der Waals surface area contributed by atoms with Crippen LogP contribution in [-0.2, 0) is 9.59 Å². The molecule has 2 aromatic rings. The van der Waals surface area contributed by atoms with E-state index in [1.54, 1.807) is 36.4 Å². The minimum Gasteiger partial charge on any atom is -0.497 e. The average Bonchev–Trinajstić information content (AvgIpc) is 2.72. The third-order valence-corrected chi connectivity index (χ3v) is 5.15. The smallest absolute Gasteiger partial charge is 0.335 e. The summed E-state index contributed by atoms with van der Waals surface area (Å²) in [5.41, 5.74) is 0.695. The van der Waals surface area contributed by atoms with Crippen LogP contribution in [0.15, 0.2) is 42.0 Å². The molecular weight excluding hydrogens is 515 g/mol. The molecule has 9 heteroatoms. The lowest BCUT2D eigenvalue weighted by molar-refractivity contribution is -0.122. The van der Waals surface area contributed by atoms with Gasteiger partial charge >= 0.3 is 6.03 Å². The Morgan fingerprint density at radius 2 is 1.71 bits per heavy atom. The summed E-state index contributed by atoms with van der Waals surface area (Å²) in [6, 6.07) is 8.99. The lowest BCUT2D eigenvalue weighted by Gasteiger charge is -2.26. The maximum absolute atomic E-state index is 13.0. The van der Waals surface area contributed by atoms with Crippen molar-refractivity contribution in [3.05, 3.63) is 51.1 Å². The number of hydrogen-bond acceptors (Lipinski definition) is 6. The van der Waals surface area contributed by atoms with Gasteiger partial charge in [0.05, 0.1) is 29.6 Å². The van der Waals surface area contributed by atoms with Crippen molar-refractivity contribution in [2.45, 2.75) is 20.0 Å². The summed E-state index contributed by atoms with van der Waals surface area (Å²) in [4.78, 5) is 38.7. The van der Waals surface area contributed by atoms with Crippen LogP contribution in [0.2, 0.25) is 0 Å². The molecule has 1 saturated heterocycles. The molecule has 3 rings (SSSR count). The summed E-state index contributed by atoms with van der Waals surface area (Å²) in [7, 11) is 3.03. The van der Waals surface area contributed by atoms with Crippen LogP contribution in [0.5, 0.6) is 17.2 Å². The maximum atomic E-state index is 13.0. The molecule has 1 fully saturated rings. The largest absolute Gasteiger partial charge is 0.497 e. The number of ether oxygens (including phenoxy) is 3. The number of anilines is 1. The third-order valence-electron chi connectivity index (χ3n) is 4.35. The molecule has 1 aliphatic rings. The molecule has 1 N–H and O–H groups in total. The number of nitrogens with zero attached hydrogens (tertiary/aromatic N) is 1. The summed E-state index contributed by atoms with van der Waals surface area (Å²) in [6.45, 7) is 3.81. The Morgan fingerprint density at radius 3 is 2.29 bits per heavy atom. The molecule has 0 atom stereocenters. The van der Waals surface area contributed by atoms with Gasteiger partial charge in [0.2, 0.25) is 0 Å². The van der Waals surface area contributed by atoms with Gasteiger partial charge in [-0.2, -0.15) is 0 Å². The number of carbonyl (C=O) groups excluding carboxylic acids is 3. The Hall–Kier alpha value is -3.08. The molecule has 0 unspecified atom stereocenters. The molecule has 1 heterocycles. The summed E-state index contributed by atoms with van der Waals surface area (Å²) in [5, 5.41) is 2.21. The number of halogens is 1. The first kappa shape index (κ1) is 22.6. The number of amides is 4. The van der Waals surface area contributed by atoms with Gasteiger partial charge in [-0.1, -0.05) is 0 Å². The van der Waals surface area contributed by atoms with E-state index in [1.165, 1.54) is 20.3 Å². The van der Waals surface area contributed by atoms with Gasteiger partial charge in [-0.3, -0.25) is 14.9 Å². The molecule has 0 saturated carbocycles. The predicted molar refractivity (Wildman–Crippen MR) is 123 cm³/mol. The van der Waals surface area contributed by atoms with E-state index >= 15 is 0 Å². The topological polar surface area (TPSA) is 94.2 Å². The van der Waals surface area contributed by atoms with E-state index in [1.807, 2.05) is 13.8 Å². The highest BCUT2D eigenvalue weighted by Gasteiger charge is 2.36. The van der Waals surface area contributed by atoms with Crippen molar-refractivity contribution in [2.24, 2.45) is 0 Å². The number of rotatable bonds is 6. The summed E-state index contributed by atoms with van der Waals surface area (Å²) in [6.07, 6.45) is 1.37. The number of carbonyl (C=O) groups is 3. The van der Waals surface area contributed by atoms with E-state index in [0.29, 0.717) is 28.5 Å². The van der Waals surface area contributed by atoms with Gasteiger partial charge in [-0.25, -0.2) is 9.69 Å². The number of imide groups is 2. The van der Waals surface area contributed by atoms with E-state index in [2.05, 4.69) is 27.9 Å². The standard InChI is InChI=1S/C22H21IN2O6/c1-12(2)31-19-17(23)10-13(11-18(19)30-4)9-16-20(26)24-22(28)25(21(16)27)14-5-7-15(29-3)8-6-14/h5-12H,1-4H3,(H,24,26,28)/b16-9+. The average molecular weight is 536 g/mol. The van der Waals surface area contributed by atoms with Crippen LogP contribution in [0.4, 0.5) is 10.5 Å². The van der Waals surface area contributed by atoms with E-state index in [9.17, 15) is 14.4 Å². The minimum atomic E-state index is -0.815. The first-order valence-corrected chi connectivity index (χ1v) is 10.4. The van der Waals surface area contributed by atoms with Gasteiger partial charge in [0.15, 0.2) is 11.5 Å². The number of nitrogens with one attached hydrogen (secondary N) is 1. The van der Waals surface area contributed by atoms with E-state index in [4.69, 9.17) is 14.2 Å². The molecule has 0 aliphatic carbocycles. The maximum Gasteiger partial charge on any atom is 0.335 e. The van der Waals surface area contributed by atoms with Crippen molar-refractivity contribution in [2.75, 3.05) is 19.1 Å². The molecule has 2 aromatic carbocycles. The van der Waals surface area contributed by atoms with Crippen molar-refractivity contribution in [3.8, 4) is 17.2 Å². The van der Waals surface area contributed by atoms with Crippen LogP contribution in [0.25, 0.3) is 6.08 Å². The number of urea groups is 1. The van der Waals surface area contributed by atoms with Crippen molar-refractivity contribution in [1.29, 1.82) is 0 Å². The normalized spacial score (nSPS) is 15.4. The highest BCUT2D eigenvalue weighted by molar-refractivity contribution is 14.1. The Labute approximate surface area is 193 Å². The zero-order chi connectivity index (χ0) is 22.7. The predicted octanol–water partition coefficient (Wildman–Crippen LogP) is 3.76. The third kappa shape index (κ3) is 4.82. The Kier molecular flexibility index (Phi) is 6.84. The fourth-order valence-corrected chi connectivity index (χ4v) is 3.72. The van der Waals surface area contributed by atoms with Crippen LogP contribution < -0.4 is 24.4 Å². The Morgan fingerprint density at radius 1 is 1.03 bits per heavy atom. The minimum absolute atomic E-state index is 0.0543. The fraction of sp³-hybridized carbons (Fsp3) is 0.227. The molecule has 0 spiro atoms. The van der Waals surface area contributed by atoms with Crippen molar-refractivity contribution < 1.29 is 28.6 Å². The monoisotopic (exact) mass is 536 g/mol. The Bertz CT molecular complexity index is 1060. The van der Waals surface area contributed by atoms with Crippen LogP contribution in [0.3, 0.4) is 0 Å². The van der Waals surface area contributed by atoms with Crippen LogP contribution in [0, 0.1) is 3.57 Å². The molecule has 1 aliphatic heterocycles. The van der Waals surface area contributed by atoms with E-state index in [0.717, 1.165) is 8.47 Å². The molecule has 4 amide bonds.